The molecule has 0 radical (unpaired) electrons. The topological polar surface area (TPSA) is 61.4 Å². The molecule has 0 aromatic heterocycles. The van der Waals surface area contributed by atoms with Crippen LogP contribution in [-0.2, 0) is 0 Å². The summed E-state index contributed by atoms with van der Waals surface area (Å²) in [6, 6.07) is 7.47. The van der Waals surface area contributed by atoms with Crippen LogP contribution >= 0.6 is 0 Å². The number of hydrogen-bond donors (Lipinski definition) is 3. The molecule has 0 saturated heterocycles. The zero-order valence-electron chi connectivity index (χ0n) is 10.7. The number of aliphatic hydroxyl groups is 1. The molecule has 4 nitrogen and oxygen atoms in total. The van der Waals surface area contributed by atoms with Gasteiger partial charge in [0.2, 0.25) is 0 Å². The Hall–Kier alpha value is -1.55. The lowest BCUT2D eigenvalue weighted by Crippen LogP contribution is -2.32. The molecule has 3 N–H and O–H groups in total. The van der Waals surface area contributed by atoms with Crippen molar-refractivity contribution in [2.24, 2.45) is 5.41 Å². The Kier molecular flexibility index (Phi) is 3.87. The second-order valence-electron chi connectivity index (χ2n) is 4.92. The van der Waals surface area contributed by atoms with E-state index in [4.69, 9.17) is 0 Å². The second kappa shape index (κ2) is 5.40. The monoisotopic (exact) mass is 248 g/mol. The molecule has 18 heavy (non-hydrogen) atoms. The highest BCUT2D eigenvalue weighted by Crippen LogP contribution is 2.44. The van der Waals surface area contributed by atoms with Crippen LogP contribution in [0, 0.1) is 5.41 Å². The largest absolute Gasteiger partial charge is 0.396 e. The number of rotatable bonds is 6. The van der Waals surface area contributed by atoms with E-state index in [1.54, 1.807) is 0 Å². The summed E-state index contributed by atoms with van der Waals surface area (Å²) in [4.78, 5) is 12.1. The van der Waals surface area contributed by atoms with E-state index in [1.165, 1.54) is 0 Å². The molecule has 1 aliphatic rings. The standard InChI is InChI=1S/C14H20N2O2/c1-2-15-12-6-4-3-5-11(12)13(18)16-9-14(10-17)7-8-14/h3-6,15,17H,2,7-10H2,1H3,(H,16,18). The van der Waals surface area contributed by atoms with E-state index in [1.807, 2.05) is 31.2 Å². The molecule has 98 valence electrons. The number of carbonyl (C=O) groups excluding carboxylic acids is 1. The average Bonchev–Trinajstić information content (AvgIpc) is 3.18. The lowest BCUT2D eigenvalue weighted by Gasteiger charge is -2.14. The van der Waals surface area contributed by atoms with Gasteiger partial charge in [0.15, 0.2) is 0 Å². The maximum absolute atomic E-state index is 12.1. The molecular formula is C14H20N2O2. The summed E-state index contributed by atoms with van der Waals surface area (Å²) in [6.07, 6.45) is 2.00. The van der Waals surface area contributed by atoms with Crippen molar-refractivity contribution in [1.29, 1.82) is 0 Å². The van der Waals surface area contributed by atoms with Crippen LogP contribution in [0.4, 0.5) is 5.69 Å². The highest BCUT2D eigenvalue weighted by Gasteiger charge is 2.42. The number of anilines is 1. The van der Waals surface area contributed by atoms with E-state index in [0.717, 1.165) is 25.1 Å². The third-order valence-corrected chi connectivity index (χ3v) is 3.46. The second-order valence-corrected chi connectivity index (χ2v) is 4.92. The number of carbonyl (C=O) groups is 1. The summed E-state index contributed by atoms with van der Waals surface area (Å²) in [7, 11) is 0. The van der Waals surface area contributed by atoms with Gasteiger partial charge in [0.1, 0.15) is 0 Å². The fraction of sp³-hybridized carbons (Fsp3) is 0.500. The molecule has 0 aliphatic heterocycles. The minimum Gasteiger partial charge on any atom is -0.396 e. The van der Waals surface area contributed by atoms with Gasteiger partial charge >= 0.3 is 0 Å². The van der Waals surface area contributed by atoms with Gasteiger partial charge in [-0.1, -0.05) is 12.1 Å². The van der Waals surface area contributed by atoms with Crippen LogP contribution in [0.15, 0.2) is 24.3 Å². The lowest BCUT2D eigenvalue weighted by molar-refractivity contribution is 0.0936. The van der Waals surface area contributed by atoms with E-state index >= 15 is 0 Å². The minimum atomic E-state index is -0.0775. The van der Waals surface area contributed by atoms with Crippen molar-refractivity contribution in [2.45, 2.75) is 19.8 Å². The van der Waals surface area contributed by atoms with Gasteiger partial charge < -0.3 is 15.7 Å². The number of nitrogens with one attached hydrogen (secondary N) is 2. The Morgan fingerprint density at radius 3 is 2.72 bits per heavy atom. The summed E-state index contributed by atoms with van der Waals surface area (Å²) in [5, 5.41) is 15.3. The Morgan fingerprint density at radius 2 is 2.11 bits per heavy atom. The molecule has 0 heterocycles. The summed E-state index contributed by atoms with van der Waals surface area (Å²) < 4.78 is 0. The highest BCUT2D eigenvalue weighted by atomic mass is 16.3. The molecule has 1 aromatic rings. The van der Waals surface area contributed by atoms with Gasteiger partial charge in [-0.25, -0.2) is 0 Å². The van der Waals surface area contributed by atoms with Gasteiger partial charge in [-0.15, -0.1) is 0 Å². The van der Waals surface area contributed by atoms with E-state index in [0.29, 0.717) is 12.1 Å². The Labute approximate surface area is 107 Å². The number of aliphatic hydroxyl groups excluding tert-OH is 1. The molecule has 0 bridgehead atoms. The number of hydrogen-bond acceptors (Lipinski definition) is 3. The Morgan fingerprint density at radius 1 is 1.39 bits per heavy atom. The molecular weight excluding hydrogens is 228 g/mol. The third-order valence-electron chi connectivity index (χ3n) is 3.46. The maximum atomic E-state index is 12.1. The molecule has 0 spiro atoms. The van der Waals surface area contributed by atoms with Crippen molar-refractivity contribution in [3.8, 4) is 0 Å². The predicted molar refractivity (Wildman–Crippen MR) is 71.7 cm³/mol. The summed E-state index contributed by atoms with van der Waals surface area (Å²) in [5.74, 6) is -0.0775. The van der Waals surface area contributed by atoms with Crippen LogP contribution in [0.3, 0.4) is 0 Å². The molecule has 1 fully saturated rings. The predicted octanol–water partition coefficient (Wildman–Crippen LogP) is 1.62. The van der Waals surface area contributed by atoms with E-state index in [2.05, 4.69) is 10.6 Å². The van der Waals surface area contributed by atoms with Crippen molar-refractivity contribution in [1.82, 2.24) is 5.32 Å². The lowest BCUT2D eigenvalue weighted by atomic mass is 10.1. The normalized spacial score (nSPS) is 16.1. The maximum Gasteiger partial charge on any atom is 0.253 e. The Balaban J connectivity index is 2.00. The van der Waals surface area contributed by atoms with Gasteiger partial charge in [0.05, 0.1) is 12.2 Å². The fourth-order valence-electron chi connectivity index (χ4n) is 1.96. The Bertz CT molecular complexity index is 428. The summed E-state index contributed by atoms with van der Waals surface area (Å²) in [6.45, 7) is 3.50. The van der Waals surface area contributed by atoms with E-state index < -0.39 is 0 Å². The molecule has 1 amide bonds. The van der Waals surface area contributed by atoms with E-state index in [-0.39, 0.29) is 17.9 Å². The molecule has 1 saturated carbocycles. The average molecular weight is 248 g/mol. The first kappa shape index (κ1) is 12.9. The SMILES string of the molecule is CCNc1ccccc1C(=O)NCC1(CO)CC1. The number of amides is 1. The molecule has 1 aromatic carbocycles. The number of para-hydroxylation sites is 1. The van der Waals surface area contributed by atoms with Crippen molar-refractivity contribution < 1.29 is 9.90 Å². The van der Waals surface area contributed by atoms with Crippen LogP contribution in [0.25, 0.3) is 0 Å². The van der Waals surface area contributed by atoms with Gasteiger partial charge in [0, 0.05) is 24.2 Å². The van der Waals surface area contributed by atoms with Crippen LogP contribution in [0.5, 0.6) is 0 Å². The van der Waals surface area contributed by atoms with Gasteiger partial charge in [-0.3, -0.25) is 4.79 Å². The quantitative estimate of drug-likeness (QED) is 0.717. The minimum absolute atomic E-state index is 0.0528. The first-order valence-electron chi connectivity index (χ1n) is 6.43. The van der Waals surface area contributed by atoms with E-state index in [9.17, 15) is 9.90 Å². The van der Waals surface area contributed by atoms with Crippen molar-refractivity contribution in [3.63, 3.8) is 0 Å². The van der Waals surface area contributed by atoms with Crippen LogP contribution in [0.2, 0.25) is 0 Å². The van der Waals surface area contributed by atoms with Gasteiger partial charge in [-0.05, 0) is 31.9 Å². The zero-order valence-corrected chi connectivity index (χ0v) is 10.7. The molecule has 2 rings (SSSR count). The van der Waals surface area contributed by atoms with Gasteiger partial charge in [0.25, 0.3) is 5.91 Å². The number of benzene rings is 1. The van der Waals surface area contributed by atoms with Gasteiger partial charge in [-0.2, -0.15) is 0 Å². The van der Waals surface area contributed by atoms with Crippen LogP contribution < -0.4 is 10.6 Å². The molecule has 1 aliphatic carbocycles. The highest BCUT2D eigenvalue weighted by molar-refractivity contribution is 5.99. The fourth-order valence-corrected chi connectivity index (χ4v) is 1.96. The first-order chi connectivity index (χ1) is 8.71. The molecule has 0 atom stereocenters. The van der Waals surface area contributed by atoms with Crippen molar-refractivity contribution >= 4 is 11.6 Å². The summed E-state index contributed by atoms with van der Waals surface area (Å²) >= 11 is 0. The molecule has 0 unspecified atom stereocenters. The van der Waals surface area contributed by atoms with Crippen LogP contribution in [0.1, 0.15) is 30.1 Å². The summed E-state index contributed by atoms with van der Waals surface area (Å²) in [5.41, 5.74) is 1.46. The zero-order chi connectivity index (χ0) is 13.0. The van der Waals surface area contributed by atoms with Crippen molar-refractivity contribution in [3.05, 3.63) is 29.8 Å². The first-order valence-corrected chi connectivity index (χ1v) is 6.43. The van der Waals surface area contributed by atoms with Crippen LogP contribution in [-0.4, -0.2) is 30.7 Å². The molecule has 4 heteroatoms. The smallest absolute Gasteiger partial charge is 0.253 e. The van der Waals surface area contributed by atoms with Crippen molar-refractivity contribution in [2.75, 3.05) is 25.0 Å². The third kappa shape index (κ3) is 2.82.